The van der Waals surface area contributed by atoms with Crippen molar-refractivity contribution in [3.63, 3.8) is 0 Å². The van der Waals surface area contributed by atoms with Gasteiger partial charge in [-0.25, -0.2) is 13.1 Å². The van der Waals surface area contributed by atoms with Crippen LogP contribution < -0.4 is 10.0 Å². The summed E-state index contributed by atoms with van der Waals surface area (Å²) < 4.78 is 27.5. The maximum absolute atomic E-state index is 12.4. The third kappa shape index (κ3) is 4.93. The number of aryl methyl sites for hydroxylation is 2. The zero-order valence-corrected chi connectivity index (χ0v) is 15.5. The summed E-state index contributed by atoms with van der Waals surface area (Å²) in [6, 6.07) is 14.6. The number of amides is 1. The molecule has 0 radical (unpaired) electrons. The number of nitrogens with one attached hydrogen (secondary N) is 2. The summed E-state index contributed by atoms with van der Waals surface area (Å²) >= 11 is 0. The van der Waals surface area contributed by atoms with Crippen molar-refractivity contribution in [2.75, 3.05) is 11.9 Å². The van der Waals surface area contributed by atoms with Crippen LogP contribution in [-0.2, 0) is 27.7 Å². The molecule has 1 aliphatic carbocycles. The number of fused-ring (bicyclic) bond motifs is 1. The number of rotatable bonds is 7. The van der Waals surface area contributed by atoms with Crippen molar-refractivity contribution < 1.29 is 13.2 Å². The Balaban J connectivity index is 1.48. The van der Waals surface area contributed by atoms with Crippen molar-refractivity contribution in [1.82, 2.24) is 4.72 Å². The molecule has 0 unspecified atom stereocenters. The summed E-state index contributed by atoms with van der Waals surface area (Å²) in [5.74, 6) is -0.121. The Kier molecular flexibility index (Phi) is 6.06. The van der Waals surface area contributed by atoms with Gasteiger partial charge < -0.3 is 5.32 Å². The van der Waals surface area contributed by atoms with E-state index < -0.39 is 10.0 Å². The fraction of sp³-hybridized carbons (Fsp3) is 0.350. The quantitative estimate of drug-likeness (QED) is 0.733. The lowest BCUT2D eigenvalue weighted by Gasteiger charge is -2.16. The molecule has 1 amide bonds. The van der Waals surface area contributed by atoms with Crippen LogP contribution in [0.5, 0.6) is 0 Å². The van der Waals surface area contributed by atoms with Gasteiger partial charge in [0.15, 0.2) is 0 Å². The fourth-order valence-corrected chi connectivity index (χ4v) is 4.29. The normalized spacial score (nSPS) is 13.8. The lowest BCUT2D eigenvalue weighted by Crippen LogP contribution is -2.26. The zero-order chi connectivity index (χ0) is 18.4. The van der Waals surface area contributed by atoms with Crippen LogP contribution in [0.2, 0.25) is 0 Å². The average molecular weight is 372 g/mol. The highest BCUT2D eigenvalue weighted by atomic mass is 32.2. The lowest BCUT2D eigenvalue weighted by atomic mass is 9.92. The largest absolute Gasteiger partial charge is 0.326 e. The molecule has 26 heavy (non-hydrogen) atoms. The lowest BCUT2D eigenvalue weighted by molar-refractivity contribution is -0.116. The summed E-state index contributed by atoms with van der Waals surface area (Å²) in [6.07, 6.45) is 4.96. The number of hydrogen-bond donors (Lipinski definition) is 2. The number of carbonyl (C=O) groups is 1. The van der Waals surface area contributed by atoms with Gasteiger partial charge in [-0.3, -0.25) is 4.79 Å². The van der Waals surface area contributed by atoms with E-state index in [4.69, 9.17) is 0 Å². The van der Waals surface area contributed by atoms with Gasteiger partial charge in [0.05, 0.1) is 4.90 Å². The van der Waals surface area contributed by atoms with Crippen LogP contribution in [0.4, 0.5) is 5.69 Å². The molecule has 138 valence electrons. The van der Waals surface area contributed by atoms with E-state index in [1.165, 1.54) is 12.0 Å². The van der Waals surface area contributed by atoms with Crippen molar-refractivity contribution in [2.45, 2.75) is 43.4 Å². The van der Waals surface area contributed by atoms with Crippen LogP contribution in [0.3, 0.4) is 0 Å². The second-order valence-corrected chi connectivity index (χ2v) is 8.32. The van der Waals surface area contributed by atoms with Crippen LogP contribution in [0.15, 0.2) is 53.4 Å². The minimum Gasteiger partial charge on any atom is -0.326 e. The summed E-state index contributed by atoms with van der Waals surface area (Å²) in [5, 5.41) is 2.79. The van der Waals surface area contributed by atoms with Gasteiger partial charge in [-0.1, -0.05) is 24.3 Å². The molecular weight excluding hydrogens is 348 g/mol. The zero-order valence-electron chi connectivity index (χ0n) is 14.7. The maximum Gasteiger partial charge on any atom is 0.240 e. The molecule has 0 bridgehead atoms. The number of carbonyl (C=O) groups excluding carboxylic acids is 1. The molecule has 3 rings (SSSR count). The van der Waals surface area contributed by atoms with Crippen molar-refractivity contribution >= 4 is 21.6 Å². The predicted molar refractivity (Wildman–Crippen MR) is 103 cm³/mol. The second-order valence-electron chi connectivity index (χ2n) is 6.55. The number of anilines is 1. The number of para-hydroxylation sites is 1. The molecule has 0 saturated heterocycles. The number of benzene rings is 2. The van der Waals surface area contributed by atoms with Gasteiger partial charge in [0.2, 0.25) is 15.9 Å². The first-order chi connectivity index (χ1) is 12.5. The molecule has 1 aliphatic rings. The van der Waals surface area contributed by atoms with E-state index in [0.717, 1.165) is 30.5 Å². The molecule has 2 aromatic carbocycles. The van der Waals surface area contributed by atoms with Gasteiger partial charge in [-0.2, -0.15) is 0 Å². The molecule has 6 heteroatoms. The van der Waals surface area contributed by atoms with E-state index in [9.17, 15) is 13.2 Å². The Labute approximate surface area is 154 Å². The monoisotopic (exact) mass is 372 g/mol. The van der Waals surface area contributed by atoms with Gasteiger partial charge in [0.1, 0.15) is 0 Å². The Morgan fingerprint density at radius 3 is 2.46 bits per heavy atom. The fourth-order valence-electron chi connectivity index (χ4n) is 3.16. The molecule has 0 fully saturated rings. The Hall–Kier alpha value is -2.18. The topological polar surface area (TPSA) is 75.3 Å². The highest BCUT2D eigenvalue weighted by Crippen LogP contribution is 2.24. The highest BCUT2D eigenvalue weighted by Gasteiger charge is 2.17. The van der Waals surface area contributed by atoms with Crippen LogP contribution in [-0.4, -0.2) is 20.9 Å². The van der Waals surface area contributed by atoms with Crippen LogP contribution in [0.1, 0.15) is 36.8 Å². The van der Waals surface area contributed by atoms with Crippen LogP contribution in [0, 0.1) is 0 Å². The number of hydrogen-bond acceptors (Lipinski definition) is 3. The molecule has 2 aromatic rings. The first-order valence-corrected chi connectivity index (χ1v) is 10.5. The number of sulfonamides is 1. The van der Waals surface area contributed by atoms with Gasteiger partial charge in [0, 0.05) is 18.7 Å². The summed E-state index contributed by atoms with van der Waals surface area (Å²) in [4.78, 5) is 12.2. The Morgan fingerprint density at radius 1 is 0.962 bits per heavy atom. The van der Waals surface area contributed by atoms with Crippen LogP contribution in [0.25, 0.3) is 0 Å². The molecule has 0 heterocycles. The first kappa shape index (κ1) is 18.6. The van der Waals surface area contributed by atoms with Crippen molar-refractivity contribution in [3.8, 4) is 0 Å². The van der Waals surface area contributed by atoms with Gasteiger partial charge >= 0.3 is 0 Å². The Bertz CT molecular complexity index is 864. The molecule has 0 atom stereocenters. The SMILES string of the molecule is O=C(CCCNS(=O)(=O)c1ccc2c(c1)CCCC2)Nc1ccccc1. The molecule has 0 aliphatic heterocycles. The predicted octanol–water partition coefficient (Wildman–Crippen LogP) is 3.26. The van der Waals surface area contributed by atoms with E-state index in [0.29, 0.717) is 11.3 Å². The molecule has 0 saturated carbocycles. The smallest absolute Gasteiger partial charge is 0.240 e. The van der Waals surface area contributed by atoms with E-state index in [2.05, 4.69) is 10.0 Å². The molecule has 0 aromatic heterocycles. The van der Waals surface area contributed by atoms with Gasteiger partial charge in [-0.15, -0.1) is 0 Å². The summed E-state index contributed by atoms with van der Waals surface area (Å²) in [6.45, 7) is 0.238. The molecule has 5 nitrogen and oxygen atoms in total. The van der Waals surface area contributed by atoms with E-state index in [1.54, 1.807) is 12.1 Å². The minimum absolute atomic E-state index is 0.121. The summed E-state index contributed by atoms with van der Waals surface area (Å²) in [7, 11) is -3.53. The Morgan fingerprint density at radius 2 is 1.69 bits per heavy atom. The van der Waals surface area contributed by atoms with Crippen molar-refractivity contribution in [2.24, 2.45) is 0 Å². The van der Waals surface area contributed by atoms with Crippen molar-refractivity contribution in [3.05, 3.63) is 59.7 Å². The van der Waals surface area contributed by atoms with Gasteiger partial charge in [0.25, 0.3) is 0 Å². The maximum atomic E-state index is 12.4. The van der Waals surface area contributed by atoms with E-state index in [1.807, 2.05) is 36.4 Å². The third-order valence-electron chi connectivity index (χ3n) is 4.56. The molecule has 2 N–H and O–H groups in total. The third-order valence-corrected chi connectivity index (χ3v) is 6.02. The standard InChI is InChI=1S/C20H24N2O3S/c23-20(22-18-9-2-1-3-10-18)11-6-14-21-26(24,25)19-13-12-16-7-4-5-8-17(16)15-19/h1-3,9-10,12-13,15,21H,4-8,11,14H2,(H,22,23). The van der Waals surface area contributed by atoms with E-state index in [-0.39, 0.29) is 18.9 Å². The first-order valence-electron chi connectivity index (χ1n) is 9.01. The second kappa shape index (κ2) is 8.47. The van der Waals surface area contributed by atoms with Crippen LogP contribution >= 0.6 is 0 Å². The highest BCUT2D eigenvalue weighted by molar-refractivity contribution is 7.89. The molecule has 0 spiro atoms. The minimum atomic E-state index is -3.53. The van der Waals surface area contributed by atoms with Crippen molar-refractivity contribution in [1.29, 1.82) is 0 Å². The van der Waals surface area contributed by atoms with E-state index >= 15 is 0 Å². The summed E-state index contributed by atoms with van der Waals surface area (Å²) in [5.41, 5.74) is 3.14. The average Bonchev–Trinajstić information content (AvgIpc) is 2.66. The molecular formula is C20H24N2O3S. The van der Waals surface area contributed by atoms with Gasteiger partial charge in [-0.05, 0) is 67.5 Å².